The second-order valence-corrected chi connectivity index (χ2v) is 4.92. The van der Waals surface area contributed by atoms with Gasteiger partial charge in [-0.3, -0.25) is 0 Å². The fourth-order valence-corrected chi connectivity index (χ4v) is 2.10. The Morgan fingerprint density at radius 3 is 2.20 bits per heavy atom. The Kier molecular flexibility index (Phi) is 4.37. The monoisotopic (exact) mass is 322 g/mol. The van der Waals surface area contributed by atoms with E-state index in [2.05, 4.69) is 0 Å². The predicted octanol–water partition coefficient (Wildman–Crippen LogP) is 5.18. The van der Waals surface area contributed by atoms with Gasteiger partial charge in [-0.25, -0.2) is 0 Å². The van der Waals surface area contributed by atoms with Crippen molar-refractivity contribution in [2.45, 2.75) is 0 Å². The van der Waals surface area contributed by atoms with Crippen molar-refractivity contribution >= 4 is 34.8 Å². The highest BCUT2D eigenvalue weighted by atomic mass is 35.5. The summed E-state index contributed by atoms with van der Waals surface area (Å²) in [4.78, 5) is 0. The molecule has 0 aliphatic carbocycles. The average molecular weight is 324 g/mol. The largest absolute Gasteiger partial charge is 0.454 e. The molecule has 0 aliphatic rings. The quantitative estimate of drug-likeness (QED) is 0.715. The minimum Gasteiger partial charge on any atom is -0.454 e. The molecule has 20 heavy (non-hydrogen) atoms. The molecule has 0 spiro atoms. The number of halogens is 3. The third-order valence-corrected chi connectivity index (χ3v) is 3.47. The van der Waals surface area contributed by atoms with Gasteiger partial charge < -0.3 is 4.74 Å². The van der Waals surface area contributed by atoms with Gasteiger partial charge in [0, 0.05) is 6.07 Å². The summed E-state index contributed by atoms with van der Waals surface area (Å²) < 4.78 is 5.56. The van der Waals surface area contributed by atoms with Gasteiger partial charge in [-0.1, -0.05) is 40.9 Å². The Balaban J connectivity index is 2.49. The molecule has 0 N–H and O–H groups in total. The molecule has 2 aromatic carbocycles. The molecule has 0 radical (unpaired) electrons. The maximum Gasteiger partial charge on any atom is 0.147 e. The lowest BCUT2D eigenvalue weighted by Gasteiger charge is -2.10. The van der Waals surface area contributed by atoms with Gasteiger partial charge in [0.05, 0.1) is 20.6 Å². The van der Waals surface area contributed by atoms with Crippen molar-refractivity contribution in [3.63, 3.8) is 0 Å². The fourth-order valence-electron chi connectivity index (χ4n) is 1.53. The van der Waals surface area contributed by atoms with Crippen molar-refractivity contribution in [1.82, 2.24) is 0 Å². The highest BCUT2D eigenvalue weighted by Gasteiger charge is 2.13. The minimum atomic E-state index is 0.136. The molecule has 0 saturated carbocycles. The molecule has 0 aliphatic heterocycles. The van der Waals surface area contributed by atoms with Crippen LogP contribution in [-0.2, 0) is 0 Å². The summed E-state index contributed by atoms with van der Waals surface area (Å²) >= 11 is 17.7. The van der Waals surface area contributed by atoms with E-state index in [-0.39, 0.29) is 32.7 Å². The van der Waals surface area contributed by atoms with Crippen LogP contribution in [0.2, 0.25) is 15.1 Å². The first-order chi connectivity index (χ1) is 9.56. The van der Waals surface area contributed by atoms with Gasteiger partial charge in [-0.2, -0.15) is 10.5 Å². The molecule has 2 rings (SSSR count). The molecular weight excluding hydrogens is 319 g/mol. The zero-order valence-electron chi connectivity index (χ0n) is 9.82. The van der Waals surface area contributed by atoms with Crippen molar-refractivity contribution in [3.8, 4) is 23.6 Å². The molecule has 98 valence electrons. The van der Waals surface area contributed by atoms with E-state index in [1.807, 2.05) is 12.1 Å². The van der Waals surface area contributed by atoms with Crippen LogP contribution in [0.5, 0.6) is 11.5 Å². The van der Waals surface area contributed by atoms with E-state index in [1.165, 1.54) is 18.2 Å². The van der Waals surface area contributed by atoms with Crippen molar-refractivity contribution in [2.24, 2.45) is 0 Å². The number of nitrogens with zero attached hydrogens (tertiary/aromatic N) is 2. The Hall–Kier alpha value is -1.91. The first-order valence-corrected chi connectivity index (χ1v) is 6.46. The smallest absolute Gasteiger partial charge is 0.147 e. The minimum absolute atomic E-state index is 0.136. The van der Waals surface area contributed by atoms with Gasteiger partial charge in [0.2, 0.25) is 0 Å². The molecule has 2 aromatic rings. The summed E-state index contributed by atoms with van der Waals surface area (Å²) in [6.45, 7) is 0. The average Bonchev–Trinajstić information content (AvgIpc) is 2.44. The second-order valence-electron chi connectivity index (χ2n) is 3.70. The normalized spacial score (nSPS) is 9.65. The van der Waals surface area contributed by atoms with E-state index in [4.69, 9.17) is 50.1 Å². The topological polar surface area (TPSA) is 56.8 Å². The first kappa shape index (κ1) is 14.5. The van der Waals surface area contributed by atoms with Crippen LogP contribution >= 0.6 is 34.8 Å². The van der Waals surface area contributed by atoms with Gasteiger partial charge in [-0.05, 0) is 18.2 Å². The summed E-state index contributed by atoms with van der Waals surface area (Å²) in [5, 5.41) is 18.9. The molecule has 0 saturated heterocycles. The van der Waals surface area contributed by atoms with E-state index in [1.54, 1.807) is 12.1 Å². The number of rotatable bonds is 2. The second kappa shape index (κ2) is 6.03. The van der Waals surface area contributed by atoms with Crippen LogP contribution in [0, 0.1) is 22.7 Å². The van der Waals surface area contributed by atoms with Gasteiger partial charge >= 0.3 is 0 Å². The third-order valence-electron chi connectivity index (χ3n) is 2.45. The highest BCUT2D eigenvalue weighted by Crippen LogP contribution is 2.37. The van der Waals surface area contributed by atoms with Crippen LogP contribution in [0.25, 0.3) is 0 Å². The highest BCUT2D eigenvalue weighted by molar-refractivity contribution is 6.43. The van der Waals surface area contributed by atoms with E-state index in [0.717, 1.165) is 0 Å². The maximum atomic E-state index is 9.12. The molecule has 0 bridgehead atoms. The Bertz CT molecular complexity index is 760. The Morgan fingerprint density at radius 2 is 1.55 bits per heavy atom. The Morgan fingerprint density at radius 1 is 0.850 bits per heavy atom. The molecule has 3 nitrogen and oxygen atoms in total. The molecule has 0 aromatic heterocycles. The number of ether oxygens (including phenoxy) is 1. The number of hydrogen-bond acceptors (Lipinski definition) is 3. The lowest BCUT2D eigenvalue weighted by atomic mass is 10.1. The fraction of sp³-hybridized carbons (Fsp3) is 0. The number of nitriles is 2. The zero-order chi connectivity index (χ0) is 14.7. The van der Waals surface area contributed by atoms with E-state index in [0.29, 0.717) is 5.02 Å². The number of hydrogen-bond donors (Lipinski definition) is 0. The lowest BCUT2D eigenvalue weighted by molar-refractivity contribution is 0.481. The molecular formula is C14H5Cl3N2O. The van der Waals surface area contributed by atoms with Crippen molar-refractivity contribution in [1.29, 1.82) is 10.5 Å². The summed E-state index contributed by atoms with van der Waals surface area (Å²) in [6, 6.07) is 11.5. The van der Waals surface area contributed by atoms with Gasteiger partial charge in [-0.15, -0.1) is 0 Å². The van der Waals surface area contributed by atoms with E-state index < -0.39 is 0 Å². The lowest BCUT2D eigenvalue weighted by Crippen LogP contribution is -1.92. The molecule has 0 atom stereocenters. The summed E-state index contributed by atoms with van der Waals surface area (Å²) in [6.07, 6.45) is 0. The standard InChI is InChI=1S/C14H5Cl3N2O/c15-10-4-12(17)14(5-11(10)16)20-13-3-1-2-8(6-18)9(13)7-19/h1-5H. The SMILES string of the molecule is N#Cc1cccc(Oc2cc(Cl)c(Cl)cc2Cl)c1C#N. The Labute approximate surface area is 130 Å². The summed E-state index contributed by atoms with van der Waals surface area (Å²) in [5.41, 5.74) is 0.360. The van der Waals surface area contributed by atoms with Crippen LogP contribution in [0.3, 0.4) is 0 Å². The van der Waals surface area contributed by atoms with E-state index in [9.17, 15) is 0 Å². The van der Waals surface area contributed by atoms with E-state index >= 15 is 0 Å². The van der Waals surface area contributed by atoms with Crippen molar-refractivity contribution < 1.29 is 4.74 Å². The summed E-state index contributed by atoms with van der Waals surface area (Å²) in [5.74, 6) is 0.486. The zero-order valence-corrected chi connectivity index (χ0v) is 12.1. The van der Waals surface area contributed by atoms with Crippen molar-refractivity contribution in [2.75, 3.05) is 0 Å². The van der Waals surface area contributed by atoms with Crippen molar-refractivity contribution in [3.05, 3.63) is 56.5 Å². The number of benzene rings is 2. The predicted molar refractivity (Wildman–Crippen MR) is 77.4 cm³/mol. The molecule has 0 unspecified atom stereocenters. The third kappa shape index (κ3) is 2.81. The van der Waals surface area contributed by atoms with Crippen LogP contribution < -0.4 is 4.74 Å². The van der Waals surface area contributed by atoms with Gasteiger partial charge in [0.15, 0.2) is 0 Å². The summed E-state index contributed by atoms with van der Waals surface area (Å²) in [7, 11) is 0. The van der Waals surface area contributed by atoms with Gasteiger partial charge in [0.25, 0.3) is 0 Å². The molecule has 6 heteroatoms. The molecule has 0 amide bonds. The van der Waals surface area contributed by atoms with Crippen LogP contribution in [0.15, 0.2) is 30.3 Å². The van der Waals surface area contributed by atoms with Crippen LogP contribution in [-0.4, -0.2) is 0 Å². The van der Waals surface area contributed by atoms with Gasteiger partial charge in [0.1, 0.15) is 29.2 Å². The van der Waals surface area contributed by atoms with Crippen LogP contribution in [0.4, 0.5) is 0 Å². The first-order valence-electron chi connectivity index (χ1n) is 5.32. The molecule has 0 heterocycles. The molecule has 0 fully saturated rings. The maximum absolute atomic E-state index is 9.12. The van der Waals surface area contributed by atoms with Crippen LogP contribution in [0.1, 0.15) is 11.1 Å².